The van der Waals surface area contributed by atoms with Gasteiger partial charge in [-0.2, -0.15) is 0 Å². The molecule has 3 N–H and O–H groups in total. The standard InChI is InChI=1S/C13H14N4O/c1-8(18)12-5-9-3-4-11(10(6-14)7-15)16-13(9)17(12)2/h3-7,14H,15H2,1-2H3/b10-7+,14-6?. The molecule has 18 heavy (non-hydrogen) atoms. The highest BCUT2D eigenvalue weighted by molar-refractivity contribution is 6.08. The number of carbonyl (C=O) groups excluding carboxylic acids is 1. The Morgan fingerprint density at radius 1 is 1.50 bits per heavy atom. The molecule has 2 aromatic heterocycles. The maximum Gasteiger partial charge on any atom is 0.176 e. The van der Waals surface area contributed by atoms with Crippen LogP contribution < -0.4 is 5.73 Å². The number of hydrogen-bond donors (Lipinski definition) is 2. The van der Waals surface area contributed by atoms with Crippen LogP contribution in [0.3, 0.4) is 0 Å². The molecular weight excluding hydrogens is 228 g/mol. The van der Waals surface area contributed by atoms with Gasteiger partial charge in [0.15, 0.2) is 5.78 Å². The smallest absolute Gasteiger partial charge is 0.176 e. The van der Waals surface area contributed by atoms with E-state index >= 15 is 0 Å². The normalized spacial score (nSPS) is 11.8. The van der Waals surface area contributed by atoms with Gasteiger partial charge in [-0.1, -0.05) is 0 Å². The Morgan fingerprint density at radius 2 is 2.22 bits per heavy atom. The van der Waals surface area contributed by atoms with Crippen LogP contribution in [0.2, 0.25) is 0 Å². The molecule has 0 bridgehead atoms. The lowest BCUT2D eigenvalue weighted by Gasteiger charge is -2.02. The molecule has 5 heteroatoms. The largest absolute Gasteiger partial charge is 0.404 e. The monoisotopic (exact) mass is 242 g/mol. The summed E-state index contributed by atoms with van der Waals surface area (Å²) in [6.07, 6.45) is 2.50. The number of Topliss-reactive ketones (excluding diaryl/α,β-unsaturated/α-hetero) is 1. The molecule has 0 aliphatic rings. The zero-order chi connectivity index (χ0) is 13.3. The maximum absolute atomic E-state index is 11.5. The van der Waals surface area contributed by atoms with E-state index in [4.69, 9.17) is 11.1 Å². The Morgan fingerprint density at radius 3 is 2.78 bits per heavy atom. The van der Waals surface area contributed by atoms with E-state index in [1.807, 2.05) is 12.1 Å². The van der Waals surface area contributed by atoms with Crippen LogP contribution in [0, 0.1) is 5.41 Å². The molecule has 0 aliphatic carbocycles. The van der Waals surface area contributed by atoms with Crippen molar-refractivity contribution in [2.45, 2.75) is 6.92 Å². The summed E-state index contributed by atoms with van der Waals surface area (Å²) >= 11 is 0. The number of nitrogens with two attached hydrogens (primary N) is 1. The predicted molar refractivity (Wildman–Crippen MR) is 71.7 cm³/mol. The third-order valence-electron chi connectivity index (χ3n) is 2.87. The van der Waals surface area contributed by atoms with Crippen molar-refractivity contribution in [1.29, 1.82) is 5.41 Å². The van der Waals surface area contributed by atoms with Gasteiger partial charge >= 0.3 is 0 Å². The number of rotatable bonds is 3. The molecule has 0 aliphatic heterocycles. The molecule has 2 rings (SSSR count). The molecule has 5 nitrogen and oxygen atoms in total. The fraction of sp³-hybridized carbons (Fsp3) is 0.154. The van der Waals surface area contributed by atoms with Gasteiger partial charge in [0.05, 0.1) is 11.4 Å². The molecule has 0 saturated heterocycles. The Kier molecular flexibility index (Phi) is 2.97. The molecule has 0 unspecified atom stereocenters. The van der Waals surface area contributed by atoms with E-state index in [0.717, 1.165) is 11.6 Å². The molecular formula is C13H14N4O. The van der Waals surface area contributed by atoms with E-state index in [-0.39, 0.29) is 5.78 Å². The van der Waals surface area contributed by atoms with Crippen LogP contribution in [-0.4, -0.2) is 21.5 Å². The molecule has 0 saturated carbocycles. The summed E-state index contributed by atoms with van der Waals surface area (Å²) in [6, 6.07) is 5.47. The second-order valence-electron chi connectivity index (χ2n) is 4.02. The first-order valence-electron chi connectivity index (χ1n) is 5.48. The fourth-order valence-corrected chi connectivity index (χ4v) is 1.90. The van der Waals surface area contributed by atoms with Crippen molar-refractivity contribution in [2.75, 3.05) is 0 Å². The molecule has 0 atom stereocenters. The first-order valence-corrected chi connectivity index (χ1v) is 5.48. The van der Waals surface area contributed by atoms with Gasteiger partial charge in [0.2, 0.25) is 0 Å². The fourth-order valence-electron chi connectivity index (χ4n) is 1.90. The Balaban J connectivity index is 2.68. The topological polar surface area (TPSA) is 84.8 Å². The highest BCUT2D eigenvalue weighted by atomic mass is 16.1. The lowest BCUT2D eigenvalue weighted by molar-refractivity contribution is 0.101. The number of aromatic nitrogens is 2. The number of hydrogen-bond acceptors (Lipinski definition) is 4. The van der Waals surface area contributed by atoms with Crippen molar-refractivity contribution >= 4 is 28.6 Å². The Labute approximate surface area is 104 Å². The molecule has 0 fully saturated rings. The first kappa shape index (κ1) is 12.0. The van der Waals surface area contributed by atoms with Crippen LogP contribution in [0.25, 0.3) is 16.6 Å². The average molecular weight is 242 g/mol. The van der Waals surface area contributed by atoms with E-state index < -0.39 is 0 Å². The highest BCUT2D eigenvalue weighted by Crippen LogP contribution is 2.20. The van der Waals surface area contributed by atoms with Crippen molar-refractivity contribution in [3.63, 3.8) is 0 Å². The summed E-state index contributed by atoms with van der Waals surface area (Å²) in [5.41, 5.74) is 7.92. The molecule has 0 radical (unpaired) electrons. The highest BCUT2D eigenvalue weighted by Gasteiger charge is 2.11. The van der Waals surface area contributed by atoms with Gasteiger partial charge in [-0.3, -0.25) is 4.79 Å². The van der Waals surface area contributed by atoms with Crippen molar-refractivity contribution in [3.05, 3.63) is 35.8 Å². The number of ketones is 1. The maximum atomic E-state index is 11.5. The summed E-state index contributed by atoms with van der Waals surface area (Å²) in [5.74, 6) is -0.00121. The summed E-state index contributed by atoms with van der Waals surface area (Å²) in [5, 5.41) is 8.15. The van der Waals surface area contributed by atoms with Crippen LogP contribution in [0.5, 0.6) is 0 Å². The van der Waals surface area contributed by atoms with Crippen molar-refractivity contribution in [1.82, 2.24) is 9.55 Å². The van der Waals surface area contributed by atoms with Gasteiger partial charge in [-0.15, -0.1) is 0 Å². The Bertz CT molecular complexity index is 667. The average Bonchev–Trinajstić information content (AvgIpc) is 2.69. The van der Waals surface area contributed by atoms with Crippen LogP contribution in [0.15, 0.2) is 24.4 Å². The summed E-state index contributed by atoms with van der Waals surface area (Å²) < 4.78 is 1.75. The van der Waals surface area contributed by atoms with Crippen LogP contribution >= 0.6 is 0 Å². The van der Waals surface area contributed by atoms with E-state index in [1.165, 1.54) is 13.1 Å². The Hall–Kier alpha value is -2.43. The second kappa shape index (κ2) is 4.44. The zero-order valence-corrected chi connectivity index (χ0v) is 10.3. The number of pyridine rings is 1. The number of aryl methyl sites for hydroxylation is 1. The summed E-state index contributed by atoms with van der Waals surface area (Å²) in [7, 11) is 1.80. The van der Waals surface area contributed by atoms with Crippen LogP contribution in [-0.2, 0) is 7.05 Å². The lowest BCUT2D eigenvalue weighted by atomic mass is 10.2. The zero-order valence-electron chi connectivity index (χ0n) is 10.3. The second-order valence-corrected chi connectivity index (χ2v) is 4.02. The van der Waals surface area contributed by atoms with Gasteiger partial charge in [-0.25, -0.2) is 4.98 Å². The SMILES string of the molecule is CC(=O)c1cc2ccc(/C(C=N)=C/N)nc2n1C. The van der Waals surface area contributed by atoms with E-state index in [0.29, 0.717) is 22.6 Å². The van der Waals surface area contributed by atoms with Gasteiger partial charge in [0.1, 0.15) is 5.65 Å². The number of nitrogens with zero attached hydrogens (tertiary/aromatic N) is 2. The van der Waals surface area contributed by atoms with Gasteiger partial charge < -0.3 is 15.7 Å². The third-order valence-corrected chi connectivity index (χ3v) is 2.87. The minimum Gasteiger partial charge on any atom is -0.404 e. The summed E-state index contributed by atoms with van der Waals surface area (Å²) in [4.78, 5) is 15.9. The van der Waals surface area contributed by atoms with Crippen molar-refractivity contribution in [3.8, 4) is 0 Å². The number of carbonyl (C=O) groups is 1. The minimum absolute atomic E-state index is 0.00121. The number of allylic oxidation sites excluding steroid dienone is 1. The molecule has 2 aromatic rings. The molecule has 0 spiro atoms. The predicted octanol–water partition coefficient (Wildman–Crippen LogP) is 1.73. The molecule has 0 amide bonds. The molecule has 2 heterocycles. The van der Waals surface area contributed by atoms with E-state index in [1.54, 1.807) is 17.7 Å². The van der Waals surface area contributed by atoms with Crippen molar-refractivity contribution < 1.29 is 4.79 Å². The lowest BCUT2D eigenvalue weighted by Crippen LogP contribution is -2.02. The first-order chi connectivity index (χ1) is 8.58. The van der Waals surface area contributed by atoms with Gasteiger partial charge in [0, 0.05) is 37.3 Å². The van der Waals surface area contributed by atoms with E-state index in [9.17, 15) is 4.79 Å². The van der Waals surface area contributed by atoms with E-state index in [2.05, 4.69) is 4.98 Å². The quantitative estimate of drug-likeness (QED) is 0.635. The number of fused-ring (bicyclic) bond motifs is 1. The van der Waals surface area contributed by atoms with Gasteiger partial charge in [0.25, 0.3) is 0 Å². The third kappa shape index (κ3) is 1.79. The van der Waals surface area contributed by atoms with Gasteiger partial charge in [-0.05, 0) is 18.2 Å². The van der Waals surface area contributed by atoms with Crippen molar-refractivity contribution in [2.24, 2.45) is 12.8 Å². The summed E-state index contributed by atoms with van der Waals surface area (Å²) in [6.45, 7) is 1.53. The van der Waals surface area contributed by atoms with Crippen LogP contribution in [0.4, 0.5) is 0 Å². The molecule has 92 valence electrons. The minimum atomic E-state index is -0.00121. The number of nitrogens with one attached hydrogen (secondary N) is 1. The van der Waals surface area contributed by atoms with Crippen LogP contribution in [0.1, 0.15) is 23.1 Å². The molecule has 0 aromatic carbocycles.